The molecule has 0 spiro atoms. The van der Waals surface area contributed by atoms with Crippen LogP contribution in [0.5, 0.6) is 0 Å². The number of rotatable bonds is 5. The fourth-order valence-corrected chi connectivity index (χ4v) is 1.84. The van der Waals surface area contributed by atoms with Crippen LogP contribution in [0.2, 0.25) is 0 Å². The Bertz CT molecular complexity index is 547. The van der Waals surface area contributed by atoms with Crippen LogP contribution in [-0.4, -0.2) is 34.7 Å². The molecule has 22 heavy (non-hydrogen) atoms. The van der Waals surface area contributed by atoms with Crippen molar-refractivity contribution in [2.45, 2.75) is 52.7 Å². The Morgan fingerprint density at radius 1 is 1.23 bits per heavy atom. The normalized spacial score (nSPS) is 11.9. The van der Waals surface area contributed by atoms with Crippen LogP contribution in [0.15, 0.2) is 18.3 Å². The number of hydrogen-bond donors (Lipinski definition) is 1. The summed E-state index contributed by atoms with van der Waals surface area (Å²) in [5.74, 6) is -0.0944. The van der Waals surface area contributed by atoms with Crippen molar-refractivity contribution in [2.24, 2.45) is 0 Å². The lowest BCUT2D eigenvalue weighted by molar-refractivity contribution is 0.00129. The van der Waals surface area contributed by atoms with Crippen molar-refractivity contribution in [1.82, 2.24) is 4.98 Å². The minimum Gasteiger partial charge on any atom is -0.444 e. The molecule has 1 amide bonds. The first-order valence-electron chi connectivity index (χ1n) is 7.20. The minimum absolute atomic E-state index is 0.162. The van der Waals surface area contributed by atoms with Crippen molar-refractivity contribution in [2.75, 3.05) is 11.9 Å². The van der Waals surface area contributed by atoms with E-state index in [-0.39, 0.29) is 17.2 Å². The number of pyridine rings is 1. The van der Waals surface area contributed by atoms with E-state index in [0.29, 0.717) is 6.61 Å². The predicted octanol–water partition coefficient (Wildman–Crippen LogP) is 3.43. The average molecular weight is 308 g/mol. The second-order valence-electron chi connectivity index (χ2n) is 6.30. The lowest BCUT2D eigenvalue weighted by atomic mass is 9.97. The molecule has 122 valence electrons. The molecule has 0 bridgehead atoms. The van der Waals surface area contributed by atoms with Gasteiger partial charge < -0.3 is 9.47 Å². The predicted molar refractivity (Wildman–Crippen MR) is 84.1 cm³/mol. The first kappa shape index (κ1) is 18.1. The van der Waals surface area contributed by atoms with Gasteiger partial charge in [-0.2, -0.15) is 0 Å². The van der Waals surface area contributed by atoms with Gasteiger partial charge >= 0.3 is 6.09 Å². The number of nitrogens with zero attached hydrogens (tertiary/aromatic N) is 1. The molecular formula is C16H24N2O4. The Hall–Kier alpha value is -1.95. The zero-order valence-electron chi connectivity index (χ0n) is 14.0. The summed E-state index contributed by atoms with van der Waals surface area (Å²) in [6.07, 6.45) is 0.839. The first-order chi connectivity index (χ1) is 10.1. The van der Waals surface area contributed by atoms with Gasteiger partial charge in [0.25, 0.3) is 0 Å². The van der Waals surface area contributed by atoms with Gasteiger partial charge in [-0.3, -0.25) is 10.1 Å². The monoisotopic (exact) mass is 308 g/mol. The number of ketones is 1. The number of carbonyl (C=O) groups excluding carboxylic acids is 2. The van der Waals surface area contributed by atoms with Gasteiger partial charge in [0, 0.05) is 12.8 Å². The Labute approximate surface area is 131 Å². The molecule has 6 heteroatoms. The number of nitrogens with one attached hydrogen (secondary N) is 1. The van der Waals surface area contributed by atoms with E-state index in [9.17, 15) is 9.59 Å². The Kier molecular flexibility index (Phi) is 5.65. The van der Waals surface area contributed by atoms with E-state index >= 15 is 0 Å². The maximum Gasteiger partial charge on any atom is 0.413 e. The fourth-order valence-electron chi connectivity index (χ4n) is 1.84. The maximum absolute atomic E-state index is 12.6. The Morgan fingerprint density at radius 2 is 1.86 bits per heavy atom. The Morgan fingerprint density at radius 3 is 2.41 bits per heavy atom. The molecule has 0 fully saturated rings. The molecule has 0 atom stereocenters. The summed E-state index contributed by atoms with van der Waals surface area (Å²) in [6, 6.07) is 3.23. The van der Waals surface area contributed by atoms with E-state index in [1.807, 2.05) is 6.92 Å². The van der Waals surface area contributed by atoms with Crippen LogP contribution in [-0.2, 0) is 9.47 Å². The summed E-state index contributed by atoms with van der Waals surface area (Å²) < 4.78 is 10.6. The molecule has 6 nitrogen and oxygen atoms in total. The van der Waals surface area contributed by atoms with E-state index < -0.39 is 17.3 Å². The zero-order valence-corrected chi connectivity index (χ0v) is 14.0. The van der Waals surface area contributed by atoms with Crippen LogP contribution >= 0.6 is 0 Å². The molecule has 0 radical (unpaired) electrons. The third kappa shape index (κ3) is 5.11. The van der Waals surface area contributed by atoms with Crippen molar-refractivity contribution in [3.8, 4) is 0 Å². The van der Waals surface area contributed by atoms with Gasteiger partial charge in [0.1, 0.15) is 17.0 Å². The molecule has 0 saturated heterocycles. The Balaban J connectivity index is 3.00. The summed E-state index contributed by atoms with van der Waals surface area (Å²) >= 11 is 0. The van der Waals surface area contributed by atoms with Gasteiger partial charge in [-0.05, 0) is 53.7 Å². The molecule has 1 aromatic heterocycles. The molecule has 0 aliphatic rings. The summed E-state index contributed by atoms with van der Waals surface area (Å²) in [5, 5.41) is 2.51. The van der Waals surface area contributed by atoms with Crippen molar-refractivity contribution in [3.63, 3.8) is 0 Å². The topological polar surface area (TPSA) is 77.5 Å². The molecule has 0 saturated carbocycles. The van der Waals surface area contributed by atoms with Gasteiger partial charge in [-0.1, -0.05) is 0 Å². The van der Waals surface area contributed by atoms with Crippen molar-refractivity contribution in [3.05, 3.63) is 23.9 Å². The molecule has 0 unspecified atom stereocenters. The number of ether oxygens (including phenoxy) is 2. The lowest BCUT2D eigenvalue weighted by Gasteiger charge is -2.24. The summed E-state index contributed by atoms with van der Waals surface area (Å²) in [4.78, 5) is 28.5. The first-order valence-corrected chi connectivity index (χ1v) is 7.20. The SMILES string of the molecule is CCOC(C)(C)C(=O)c1cccnc1NC(=O)OC(C)(C)C. The highest BCUT2D eigenvalue weighted by Crippen LogP contribution is 2.22. The number of aromatic nitrogens is 1. The zero-order chi connectivity index (χ0) is 17.0. The molecule has 1 heterocycles. The molecular weight excluding hydrogens is 284 g/mol. The number of Topliss-reactive ketones (excluding diaryl/α,β-unsaturated/α-hetero) is 1. The fraction of sp³-hybridized carbons (Fsp3) is 0.562. The lowest BCUT2D eigenvalue weighted by Crippen LogP contribution is -2.36. The van der Waals surface area contributed by atoms with Crippen molar-refractivity contribution < 1.29 is 19.1 Å². The number of hydrogen-bond acceptors (Lipinski definition) is 5. The molecule has 0 aliphatic carbocycles. The van der Waals surface area contributed by atoms with Crippen LogP contribution in [0.3, 0.4) is 0 Å². The van der Waals surface area contributed by atoms with Gasteiger partial charge in [0.15, 0.2) is 5.78 Å². The molecule has 1 N–H and O–H groups in total. The maximum atomic E-state index is 12.6. The summed E-state index contributed by atoms with van der Waals surface area (Å²) in [5.41, 5.74) is -1.35. The second-order valence-corrected chi connectivity index (χ2v) is 6.30. The van der Waals surface area contributed by atoms with E-state index in [2.05, 4.69) is 10.3 Å². The van der Waals surface area contributed by atoms with Gasteiger partial charge in [-0.15, -0.1) is 0 Å². The average Bonchev–Trinajstić information content (AvgIpc) is 2.36. The standard InChI is InChI=1S/C16H24N2O4/c1-7-21-16(5,6)12(19)11-9-8-10-17-13(11)18-14(20)22-15(2,3)4/h8-10H,7H2,1-6H3,(H,17,18,20). The largest absolute Gasteiger partial charge is 0.444 e. The van der Waals surface area contributed by atoms with E-state index in [1.165, 1.54) is 6.20 Å². The van der Waals surface area contributed by atoms with Crippen molar-refractivity contribution in [1.29, 1.82) is 0 Å². The number of anilines is 1. The quantitative estimate of drug-likeness (QED) is 0.843. The van der Waals surface area contributed by atoms with Gasteiger partial charge in [0.05, 0.1) is 5.56 Å². The third-order valence-electron chi connectivity index (χ3n) is 2.72. The van der Waals surface area contributed by atoms with Crippen LogP contribution in [0, 0.1) is 0 Å². The summed E-state index contributed by atoms with van der Waals surface area (Å²) in [6.45, 7) is 10.9. The highest BCUT2D eigenvalue weighted by atomic mass is 16.6. The highest BCUT2D eigenvalue weighted by molar-refractivity contribution is 6.07. The molecule has 1 rings (SSSR count). The van der Waals surface area contributed by atoms with Gasteiger partial charge in [-0.25, -0.2) is 9.78 Å². The smallest absolute Gasteiger partial charge is 0.413 e. The van der Waals surface area contributed by atoms with Crippen molar-refractivity contribution >= 4 is 17.7 Å². The third-order valence-corrected chi connectivity index (χ3v) is 2.72. The van der Waals surface area contributed by atoms with Crippen LogP contribution in [0.25, 0.3) is 0 Å². The van der Waals surface area contributed by atoms with E-state index in [4.69, 9.17) is 9.47 Å². The second kappa shape index (κ2) is 6.87. The summed E-state index contributed by atoms with van der Waals surface area (Å²) in [7, 11) is 0. The van der Waals surface area contributed by atoms with E-state index in [1.54, 1.807) is 46.8 Å². The molecule has 1 aromatic rings. The van der Waals surface area contributed by atoms with Crippen LogP contribution in [0.1, 0.15) is 51.9 Å². The van der Waals surface area contributed by atoms with E-state index in [0.717, 1.165) is 0 Å². The molecule has 0 aliphatic heterocycles. The van der Waals surface area contributed by atoms with Gasteiger partial charge in [0.2, 0.25) is 0 Å². The number of carbonyl (C=O) groups is 2. The highest BCUT2D eigenvalue weighted by Gasteiger charge is 2.31. The van der Waals surface area contributed by atoms with Crippen LogP contribution in [0.4, 0.5) is 10.6 Å². The minimum atomic E-state index is -0.998. The van der Waals surface area contributed by atoms with Crippen LogP contribution < -0.4 is 5.32 Å². The molecule has 0 aromatic carbocycles. The number of amides is 1.